The lowest BCUT2D eigenvalue weighted by Gasteiger charge is -2.16. The zero-order chi connectivity index (χ0) is 24.9. The van der Waals surface area contributed by atoms with Crippen molar-refractivity contribution in [3.8, 4) is 6.07 Å². The fourth-order valence-corrected chi connectivity index (χ4v) is 3.87. The molecule has 0 saturated carbocycles. The minimum Gasteiger partial charge on any atom is -0.334 e. The lowest BCUT2D eigenvalue weighted by atomic mass is 9.91. The van der Waals surface area contributed by atoms with Crippen LogP contribution < -0.4 is 10.6 Å². The Morgan fingerprint density at radius 1 is 1.09 bits per heavy atom. The van der Waals surface area contributed by atoms with E-state index in [1.807, 2.05) is 0 Å². The van der Waals surface area contributed by atoms with Gasteiger partial charge in [0.1, 0.15) is 6.33 Å². The van der Waals surface area contributed by atoms with Crippen molar-refractivity contribution in [1.82, 2.24) is 15.0 Å². The lowest BCUT2D eigenvalue weighted by molar-refractivity contribution is -0.383. The number of halogens is 2. The van der Waals surface area contributed by atoms with Crippen molar-refractivity contribution in [2.75, 3.05) is 10.6 Å². The number of hydrogen-bond acceptors (Lipinski definition) is 8. The average Bonchev–Trinajstić information content (AvgIpc) is 2.84. The van der Waals surface area contributed by atoms with Crippen LogP contribution in [0.15, 0.2) is 67.3 Å². The molecule has 2 aromatic heterocycles. The molecular formula is C24H17Cl2N7O2. The summed E-state index contributed by atoms with van der Waals surface area (Å²) >= 11 is 12.5. The van der Waals surface area contributed by atoms with Crippen LogP contribution in [0.4, 0.5) is 28.7 Å². The third-order valence-electron chi connectivity index (χ3n) is 5.17. The van der Waals surface area contributed by atoms with Gasteiger partial charge in [0.15, 0.2) is 0 Å². The molecule has 0 bridgehead atoms. The molecule has 0 amide bonds. The number of nitriles is 1. The van der Waals surface area contributed by atoms with Crippen molar-refractivity contribution < 1.29 is 4.92 Å². The molecule has 0 aliphatic heterocycles. The summed E-state index contributed by atoms with van der Waals surface area (Å²) in [5.74, 6) is -0.623. The topological polar surface area (TPSA) is 130 Å². The van der Waals surface area contributed by atoms with Gasteiger partial charge in [-0.3, -0.25) is 15.1 Å². The first kappa shape index (κ1) is 23.9. The number of anilines is 4. The van der Waals surface area contributed by atoms with Gasteiger partial charge in [0.2, 0.25) is 11.6 Å². The Morgan fingerprint density at radius 2 is 1.80 bits per heavy atom. The predicted molar refractivity (Wildman–Crippen MR) is 135 cm³/mol. The number of rotatable bonds is 7. The van der Waals surface area contributed by atoms with Crippen molar-refractivity contribution in [2.24, 2.45) is 0 Å². The number of pyridine rings is 1. The number of nitrogens with zero attached hydrogens (tertiary/aromatic N) is 5. The Balaban J connectivity index is 1.69. The normalized spacial score (nSPS) is 11.4. The van der Waals surface area contributed by atoms with Crippen LogP contribution in [0, 0.1) is 28.4 Å². The van der Waals surface area contributed by atoms with E-state index in [2.05, 4.69) is 31.7 Å². The van der Waals surface area contributed by atoms with Gasteiger partial charge in [-0.2, -0.15) is 5.26 Å². The fraction of sp³-hybridized carbons (Fsp3) is 0.0833. The van der Waals surface area contributed by atoms with E-state index in [1.54, 1.807) is 61.7 Å². The van der Waals surface area contributed by atoms with Crippen LogP contribution in [-0.2, 0) is 0 Å². The summed E-state index contributed by atoms with van der Waals surface area (Å²) in [5.41, 5.74) is 2.77. The van der Waals surface area contributed by atoms with Gasteiger partial charge in [-0.1, -0.05) is 41.4 Å². The zero-order valence-electron chi connectivity index (χ0n) is 18.2. The van der Waals surface area contributed by atoms with Gasteiger partial charge >= 0.3 is 5.69 Å². The Morgan fingerprint density at radius 3 is 2.43 bits per heavy atom. The molecule has 2 N–H and O–H groups in total. The van der Waals surface area contributed by atoms with E-state index >= 15 is 0 Å². The van der Waals surface area contributed by atoms with Crippen molar-refractivity contribution in [3.05, 3.63) is 104 Å². The van der Waals surface area contributed by atoms with E-state index in [0.29, 0.717) is 32.5 Å². The van der Waals surface area contributed by atoms with Gasteiger partial charge in [0, 0.05) is 21.9 Å². The van der Waals surface area contributed by atoms with Crippen LogP contribution in [0.3, 0.4) is 0 Å². The molecule has 0 fully saturated rings. The first-order chi connectivity index (χ1) is 16.9. The van der Waals surface area contributed by atoms with Gasteiger partial charge in [-0.15, -0.1) is 0 Å². The van der Waals surface area contributed by atoms with E-state index in [9.17, 15) is 15.4 Å². The molecule has 4 aromatic rings. The summed E-state index contributed by atoms with van der Waals surface area (Å²) in [6.45, 7) is 1.81. The maximum atomic E-state index is 11.9. The molecule has 4 rings (SSSR count). The molecule has 2 heterocycles. The first-order valence-electron chi connectivity index (χ1n) is 10.3. The number of aryl methyl sites for hydroxylation is 1. The van der Waals surface area contributed by atoms with Crippen LogP contribution in [0.25, 0.3) is 0 Å². The summed E-state index contributed by atoms with van der Waals surface area (Å²) in [4.78, 5) is 23.4. The minimum atomic E-state index is -0.615. The number of benzene rings is 2. The minimum absolute atomic E-state index is 0.00755. The summed E-state index contributed by atoms with van der Waals surface area (Å²) in [6.07, 6.45) is 4.33. The molecule has 174 valence electrons. The second-order valence-corrected chi connectivity index (χ2v) is 8.31. The van der Waals surface area contributed by atoms with E-state index in [1.165, 1.54) is 12.5 Å². The summed E-state index contributed by atoms with van der Waals surface area (Å²) < 4.78 is 0. The van der Waals surface area contributed by atoms with Crippen LogP contribution in [0.5, 0.6) is 0 Å². The number of hydrogen-bond donors (Lipinski definition) is 2. The van der Waals surface area contributed by atoms with Crippen LogP contribution in [-0.4, -0.2) is 19.9 Å². The largest absolute Gasteiger partial charge is 0.353 e. The molecule has 9 nitrogen and oxygen atoms in total. The van der Waals surface area contributed by atoms with Gasteiger partial charge < -0.3 is 10.6 Å². The number of aromatic nitrogens is 3. The van der Waals surface area contributed by atoms with Crippen molar-refractivity contribution in [3.63, 3.8) is 0 Å². The highest BCUT2D eigenvalue weighted by atomic mass is 35.5. The zero-order valence-corrected chi connectivity index (χ0v) is 19.7. The van der Waals surface area contributed by atoms with Crippen LogP contribution in [0.1, 0.15) is 22.6 Å². The molecule has 35 heavy (non-hydrogen) atoms. The quantitative estimate of drug-likeness (QED) is 0.214. The Bertz CT molecular complexity index is 1420. The monoisotopic (exact) mass is 505 g/mol. The van der Waals surface area contributed by atoms with Crippen molar-refractivity contribution in [1.29, 1.82) is 5.26 Å². The third kappa shape index (κ3) is 5.30. The molecular weight excluding hydrogens is 489 g/mol. The van der Waals surface area contributed by atoms with Gasteiger partial charge in [0.05, 0.1) is 28.8 Å². The Labute approximate surface area is 210 Å². The molecule has 0 radical (unpaired) electrons. The Kier molecular flexibility index (Phi) is 7.06. The average molecular weight is 506 g/mol. The molecule has 11 heteroatoms. The fourth-order valence-electron chi connectivity index (χ4n) is 3.47. The van der Waals surface area contributed by atoms with Crippen molar-refractivity contribution in [2.45, 2.75) is 12.8 Å². The highest BCUT2D eigenvalue weighted by molar-refractivity contribution is 6.32. The third-order valence-corrected chi connectivity index (χ3v) is 5.75. The molecule has 0 aliphatic rings. The van der Waals surface area contributed by atoms with Gasteiger partial charge in [-0.05, 0) is 53.9 Å². The first-order valence-corrected chi connectivity index (χ1v) is 11.0. The maximum absolute atomic E-state index is 11.9. The predicted octanol–water partition coefficient (Wildman–Crippen LogP) is 6.54. The maximum Gasteiger partial charge on any atom is 0.353 e. The smallest absolute Gasteiger partial charge is 0.334 e. The van der Waals surface area contributed by atoms with E-state index < -0.39 is 10.8 Å². The lowest BCUT2D eigenvalue weighted by Crippen LogP contribution is -2.07. The van der Waals surface area contributed by atoms with Crippen LogP contribution in [0.2, 0.25) is 10.0 Å². The molecule has 2 aromatic carbocycles. The van der Waals surface area contributed by atoms with Crippen molar-refractivity contribution >= 4 is 51.9 Å². The van der Waals surface area contributed by atoms with E-state index in [-0.39, 0.29) is 17.3 Å². The van der Waals surface area contributed by atoms with Gasteiger partial charge in [-0.25, -0.2) is 9.97 Å². The second-order valence-electron chi connectivity index (χ2n) is 7.47. The van der Waals surface area contributed by atoms with E-state index in [4.69, 9.17) is 23.2 Å². The molecule has 0 aliphatic carbocycles. The Hall–Kier alpha value is -4.26. The van der Waals surface area contributed by atoms with Gasteiger partial charge in [0.25, 0.3) is 0 Å². The highest BCUT2D eigenvalue weighted by Crippen LogP contribution is 2.37. The molecule has 0 spiro atoms. The molecule has 1 atom stereocenters. The van der Waals surface area contributed by atoms with E-state index in [0.717, 1.165) is 5.56 Å². The second kappa shape index (κ2) is 10.3. The summed E-state index contributed by atoms with van der Waals surface area (Å²) in [7, 11) is 0. The number of nitro groups is 1. The standard InChI is InChI=1S/C24H17Cl2N7O2/c1-14-9-18(19(11-27)15-4-6-16(25)7-5-15)20(26)10-21(14)32-24-22(33(34)35)23(29-13-30-24)31-17-3-2-8-28-12-17/h2-10,12-13,19H,1H3,(H2,29,30,31,32). The summed E-state index contributed by atoms with van der Waals surface area (Å²) in [5, 5.41) is 28.5. The highest BCUT2D eigenvalue weighted by Gasteiger charge is 2.25. The molecule has 0 saturated heterocycles. The summed E-state index contributed by atoms with van der Waals surface area (Å²) in [6, 6.07) is 16.0. The number of nitrogens with one attached hydrogen (secondary N) is 2. The SMILES string of the molecule is Cc1cc(C(C#N)c2ccc(Cl)cc2)c(Cl)cc1Nc1ncnc(Nc2cccnc2)c1[N+](=O)[O-]. The molecule has 1 unspecified atom stereocenters. The van der Waals surface area contributed by atoms with Crippen LogP contribution >= 0.6 is 23.2 Å².